The van der Waals surface area contributed by atoms with E-state index in [0.717, 1.165) is 46.9 Å². The number of hydrogen-bond donors (Lipinski definition) is 1. The molecule has 0 saturated heterocycles. The molecular formula is C25H25N3O7S2. The first kappa shape index (κ1) is 24.0. The highest BCUT2D eigenvalue weighted by Gasteiger charge is 2.37. The van der Waals surface area contributed by atoms with Gasteiger partial charge < -0.3 is 23.7 Å². The largest absolute Gasteiger partial charge is 0.493 e. The predicted molar refractivity (Wildman–Crippen MR) is 135 cm³/mol. The van der Waals surface area contributed by atoms with Crippen molar-refractivity contribution in [2.45, 2.75) is 43.5 Å². The van der Waals surface area contributed by atoms with Crippen molar-refractivity contribution in [1.82, 2.24) is 9.88 Å². The van der Waals surface area contributed by atoms with Gasteiger partial charge in [-0.1, -0.05) is 17.4 Å². The van der Waals surface area contributed by atoms with Crippen molar-refractivity contribution in [2.75, 3.05) is 25.8 Å². The maximum absolute atomic E-state index is 13.4. The summed E-state index contributed by atoms with van der Waals surface area (Å²) in [6.45, 7) is 4.46. The van der Waals surface area contributed by atoms with Gasteiger partial charge >= 0.3 is 10.1 Å². The number of ether oxygens (including phenoxy) is 3. The van der Waals surface area contributed by atoms with E-state index in [4.69, 9.17) is 18.4 Å². The summed E-state index contributed by atoms with van der Waals surface area (Å²) in [6, 6.07) is 7.99. The third kappa shape index (κ3) is 4.18. The molecule has 0 radical (unpaired) electrons. The van der Waals surface area contributed by atoms with E-state index in [0.29, 0.717) is 18.7 Å². The Balaban J connectivity index is 1.36. The quantitative estimate of drug-likeness (QED) is 0.482. The highest BCUT2D eigenvalue weighted by atomic mass is 32.3. The van der Waals surface area contributed by atoms with Crippen LogP contribution in [0.3, 0.4) is 0 Å². The minimum Gasteiger partial charge on any atom is -0.493 e. The van der Waals surface area contributed by atoms with Crippen molar-refractivity contribution in [3.63, 3.8) is 0 Å². The molecule has 10 nitrogen and oxygen atoms in total. The van der Waals surface area contributed by atoms with Crippen LogP contribution in [0.2, 0.25) is 0 Å². The number of carbonyl (C=O) groups is 1. The fourth-order valence-corrected chi connectivity index (χ4v) is 7.59. The van der Waals surface area contributed by atoms with Crippen LogP contribution >= 0.6 is 11.3 Å². The number of fused-ring (bicyclic) bond motifs is 5. The lowest BCUT2D eigenvalue weighted by molar-refractivity contribution is -0.114. The van der Waals surface area contributed by atoms with Gasteiger partial charge in [0.25, 0.3) is 0 Å². The summed E-state index contributed by atoms with van der Waals surface area (Å²) in [7, 11) is -2.75. The summed E-state index contributed by atoms with van der Waals surface area (Å²) >= 11 is 0.856. The Kier molecular flexibility index (Phi) is 5.77. The predicted octanol–water partition coefficient (Wildman–Crippen LogP) is 3.57. The molecule has 37 heavy (non-hydrogen) atoms. The Morgan fingerprint density at radius 1 is 1.22 bits per heavy atom. The van der Waals surface area contributed by atoms with Gasteiger partial charge in [0.1, 0.15) is 0 Å². The van der Waals surface area contributed by atoms with Crippen LogP contribution in [0.15, 0.2) is 28.5 Å². The van der Waals surface area contributed by atoms with Gasteiger partial charge in [0.2, 0.25) is 12.7 Å². The number of rotatable bonds is 5. The van der Waals surface area contributed by atoms with Crippen molar-refractivity contribution in [3.8, 4) is 23.0 Å². The van der Waals surface area contributed by atoms with E-state index in [1.807, 2.05) is 6.07 Å². The molecule has 0 bridgehead atoms. The van der Waals surface area contributed by atoms with E-state index in [2.05, 4.69) is 27.3 Å². The second kappa shape index (κ2) is 8.89. The van der Waals surface area contributed by atoms with E-state index in [9.17, 15) is 13.2 Å². The highest BCUT2D eigenvalue weighted by Crippen LogP contribution is 2.47. The molecule has 0 saturated carbocycles. The summed E-state index contributed by atoms with van der Waals surface area (Å²) in [5.41, 5.74) is 4.49. The zero-order chi connectivity index (χ0) is 25.9. The van der Waals surface area contributed by atoms with Crippen molar-refractivity contribution in [1.29, 1.82) is 0 Å². The third-order valence-corrected chi connectivity index (χ3v) is 9.74. The molecule has 2 aromatic carbocycles. The monoisotopic (exact) mass is 543 g/mol. The maximum atomic E-state index is 13.4. The molecule has 1 atom stereocenters. The number of nitrogens with zero attached hydrogens (tertiary/aromatic N) is 2. The summed E-state index contributed by atoms with van der Waals surface area (Å²) in [5, 5.41) is 2.73. The average Bonchev–Trinajstić information content (AvgIpc) is 3.47. The van der Waals surface area contributed by atoms with Gasteiger partial charge in [-0.25, -0.2) is 4.98 Å². The minimum atomic E-state index is -4.23. The Labute approximate surface area is 218 Å². The molecule has 1 N–H and O–H groups in total. The normalized spacial score (nSPS) is 18.0. The number of aromatic nitrogens is 1. The fourth-order valence-electron chi connectivity index (χ4n) is 5.21. The van der Waals surface area contributed by atoms with Crippen LogP contribution in [0, 0.1) is 6.92 Å². The number of thiazole rings is 1. The SMILES string of the molecule is COc1ccc2c(c1OS(=O)(=O)c1sc(NC(C)=O)nc1C)CN1CCc3cc4c(cc3C1C2)OCO4. The third-order valence-electron chi connectivity index (χ3n) is 6.88. The van der Waals surface area contributed by atoms with Gasteiger partial charge in [-0.15, -0.1) is 0 Å². The number of anilines is 1. The molecule has 12 heteroatoms. The number of carbonyl (C=O) groups excluding carboxylic acids is 1. The zero-order valence-corrected chi connectivity index (χ0v) is 22.1. The Morgan fingerprint density at radius 3 is 2.76 bits per heavy atom. The maximum Gasteiger partial charge on any atom is 0.350 e. The van der Waals surface area contributed by atoms with Gasteiger partial charge in [0.15, 0.2) is 32.3 Å². The molecule has 1 amide bonds. The molecule has 0 aliphatic carbocycles. The molecule has 4 heterocycles. The Bertz CT molecular complexity index is 1530. The smallest absolute Gasteiger partial charge is 0.350 e. The van der Waals surface area contributed by atoms with Crippen LogP contribution in [0.4, 0.5) is 5.13 Å². The molecule has 3 aliphatic rings. The fraction of sp³-hybridized carbons (Fsp3) is 0.360. The molecule has 3 aliphatic heterocycles. The Morgan fingerprint density at radius 2 is 2.00 bits per heavy atom. The van der Waals surface area contributed by atoms with E-state index >= 15 is 0 Å². The van der Waals surface area contributed by atoms with E-state index in [1.54, 1.807) is 13.0 Å². The second-order valence-electron chi connectivity index (χ2n) is 9.19. The molecule has 1 aromatic heterocycles. The highest BCUT2D eigenvalue weighted by molar-refractivity contribution is 7.89. The molecule has 0 spiro atoms. The van der Waals surface area contributed by atoms with Crippen molar-refractivity contribution in [2.24, 2.45) is 0 Å². The van der Waals surface area contributed by atoms with E-state index < -0.39 is 10.1 Å². The first-order chi connectivity index (χ1) is 17.7. The summed E-state index contributed by atoms with van der Waals surface area (Å²) in [5.74, 6) is 1.73. The van der Waals surface area contributed by atoms with Crippen LogP contribution < -0.4 is 23.7 Å². The van der Waals surface area contributed by atoms with Crippen molar-refractivity contribution < 1.29 is 31.6 Å². The number of amides is 1. The van der Waals surface area contributed by atoms with Crippen LogP contribution in [-0.4, -0.2) is 44.7 Å². The van der Waals surface area contributed by atoms with Crippen molar-refractivity contribution in [3.05, 3.63) is 52.2 Å². The molecule has 0 fully saturated rings. The average molecular weight is 544 g/mol. The van der Waals surface area contributed by atoms with E-state index in [-0.39, 0.29) is 39.5 Å². The summed E-state index contributed by atoms with van der Waals surface area (Å²) in [4.78, 5) is 17.9. The topological polar surface area (TPSA) is 116 Å². The zero-order valence-electron chi connectivity index (χ0n) is 20.5. The Hall–Kier alpha value is -3.35. The molecule has 1 unspecified atom stereocenters. The lowest BCUT2D eigenvalue weighted by Crippen LogP contribution is -2.39. The lowest BCUT2D eigenvalue weighted by Gasteiger charge is -2.41. The van der Waals surface area contributed by atoms with Gasteiger partial charge in [-0.05, 0) is 54.7 Å². The summed E-state index contributed by atoms with van der Waals surface area (Å²) < 4.78 is 49.1. The van der Waals surface area contributed by atoms with Crippen LogP contribution in [0.25, 0.3) is 0 Å². The first-order valence-electron chi connectivity index (χ1n) is 11.8. The number of hydrogen-bond acceptors (Lipinski definition) is 10. The lowest BCUT2D eigenvalue weighted by atomic mass is 9.83. The van der Waals surface area contributed by atoms with Crippen LogP contribution in [-0.2, 0) is 34.3 Å². The molecular weight excluding hydrogens is 518 g/mol. The molecule has 6 rings (SSSR count). The second-order valence-corrected chi connectivity index (χ2v) is 11.9. The van der Waals surface area contributed by atoms with Gasteiger partial charge in [-0.2, -0.15) is 8.42 Å². The first-order valence-corrected chi connectivity index (χ1v) is 14.0. The summed E-state index contributed by atoms with van der Waals surface area (Å²) in [6.07, 6.45) is 1.54. The number of benzene rings is 2. The van der Waals surface area contributed by atoms with Crippen LogP contribution in [0.1, 0.15) is 40.9 Å². The van der Waals surface area contributed by atoms with Crippen LogP contribution in [0.5, 0.6) is 23.0 Å². The molecule has 194 valence electrons. The standard InChI is InChI=1S/C25H25N3O7S2/c1-13-24(36-25(26-13)27-14(2)29)37(30,31)35-23-18-11-28-7-6-16-9-21-22(34-12-33-21)10-17(16)19(28)8-15(18)4-5-20(23)32-3/h4-5,9-10,19H,6-8,11-12H2,1-3H3,(H,26,27,29). The number of nitrogens with one attached hydrogen (secondary N) is 1. The number of aryl methyl sites for hydroxylation is 1. The minimum absolute atomic E-state index is 0.0624. The van der Waals surface area contributed by atoms with Gasteiger partial charge in [-0.3, -0.25) is 9.69 Å². The number of methoxy groups -OCH3 is 1. The van der Waals surface area contributed by atoms with Gasteiger partial charge in [0.05, 0.1) is 12.8 Å². The van der Waals surface area contributed by atoms with E-state index in [1.165, 1.54) is 25.2 Å². The molecule has 3 aromatic rings. The van der Waals surface area contributed by atoms with Gasteiger partial charge in [0, 0.05) is 31.6 Å². The van der Waals surface area contributed by atoms with Crippen molar-refractivity contribution >= 4 is 32.5 Å².